The molecule has 10 heavy (non-hydrogen) atoms. The summed E-state index contributed by atoms with van der Waals surface area (Å²) in [5, 5.41) is 8.88. The van der Waals surface area contributed by atoms with Crippen LogP contribution < -0.4 is 0 Å². The van der Waals surface area contributed by atoms with Gasteiger partial charge in [0.25, 0.3) is 0 Å². The molecule has 0 fully saturated rings. The monoisotopic (exact) mass is 145 g/mol. The second-order valence-electron chi connectivity index (χ2n) is 2.73. The van der Waals surface area contributed by atoms with E-state index in [1.54, 1.807) is 0 Å². The molecule has 0 bridgehead atoms. The molecule has 0 amide bonds. The number of nitrogens with zero attached hydrogens (tertiary/aromatic N) is 1. The third-order valence-corrected chi connectivity index (χ3v) is 1.88. The summed E-state index contributed by atoms with van der Waals surface area (Å²) in [6.45, 7) is 5.62. The fourth-order valence-electron chi connectivity index (χ4n) is 1.12. The van der Waals surface area contributed by atoms with Crippen molar-refractivity contribution in [1.82, 2.24) is 4.90 Å². The molecule has 0 spiro atoms. The fourth-order valence-corrected chi connectivity index (χ4v) is 1.12. The van der Waals surface area contributed by atoms with E-state index in [0.717, 1.165) is 19.4 Å². The van der Waals surface area contributed by atoms with Crippen LogP contribution in [0.2, 0.25) is 0 Å². The first-order valence-corrected chi connectivity index (χ1v) is 4.07. The van der Waals surface area contributed by atoms with Crippen molar-refractivity contribution in [3.63, 3.8) is 0 Å². The van der Waals surface area contributed by atoms with Gasteiger partial charge in [-0.25, -0.2) is 0 Å². The summed E-state index contributed by atoms with van der Waals surface area (Å²) in [7, 11) is 2.06. The normalized spacial score (nSPS) is 14.1. The molecular formula is C8H19NO. The Labute approximate surface area is 63.8 Å². The molecule has 2 nitrogen and oxygen atoms in total. The van der Waals surface area contributed by atoms with Crippen LogP contribution in [0.4, 0.5) is 0 Å². The Morgan fingerprint density at radius 3 is 2.30 bits per heavy atom. The molecule has 1 atom stereocenters. The molecule has 2 heteroatoms. The minimum Gasteiger partial charge on any atom is -0.395 e. The number of aliphatic hydroxyl groups excluding tert-OH is 1. The van der Waals surface area contributed by atoms with Crippen molar-refractivity contribution in [3.05, 3.63) is 0 Å². The summed E-state index contributed by atoms with van der Waals surface area (Å²) in [4.78, 5) is 2.21. The summed E-state index contributed by atoms with van der Waals surface area (Å²) in [6, 6.07) is 0.361. The van der Waals surface area contributed by atoms with E-state index in [-0.39, 0.29) is 6.61 Å². The topological polar surface area (TPSA) is 23.5 Å². The van der Waals surface area contributed by atoms with Crippen LogP contribution in [0.5, 0.6) is 0 Å². The quantitative estimate of drug-likeness (QED) is 0.626. The van der Waals surface area contributed by atoms with Crippen LogP contribution in [0.1, 0.15) is 26.7 Å². The maximum Gasteiger partial charge on any atom is 0.0586 e. The van der Waals surface area contributed by atoms with E-state index in [2.05, 4.69) is 25.8 Å². The number of aliphatic hydroxyl groups is 1. The van der Waals surface area contributed by atoms with Crippen molar-refractivity contribution >= 4 is 0 Å². The molecule has 0 aromatic rings. The first kappa shape index (κ1) is 9.92. The summed E-state index contributed by atoms with van der Waals surface area (Å²) >= 11 is 0. The average Bonchev–Trinajstić information content (AvgIpc) is 1.91. The molecule has 0 aliphatic rings. The highest BCUT2D eigenvalue weighted by atomic mass is 16.3. The first-order chi connectivity index (χ1) is 4.76. The van der Waals surface area contributed by atoms with Gasteiger partial charge in [-0.05, 0) is 26.4 Å². The third kappa shape index (κ3) is 3.18. The number of rotatable bonds is 5. The Hall–Kier alpha value is -0.0800. The van der Waals surface area contributed by atoms with Gasteiger partial charge in [0.15, 0.2) is 0 Å². The van der Waals surface area contributed by atoms with Crippen LogP contribution in [0.15, 0.2) is 0 Å². The molecule has 0 aromatic heterocycles. The molecule has 1 N–H and O–H groups in total. The van der Waals surface area contributed by atoms with E-state index in [0.29, 0.717) is 6.04 Å². The van der Waals surface area contributed by atoms with Crippen molar-refractivity contribution in [2.75, 3.05) is 20.2 Å². The van der Waals surface area contributed by atoms with Gasteiger partial charge in [0.2, 0.25) is 0 Å². The van der Waals surface area contributed by atoms with Crippen LogP contribution in [-0.2, 0) is 0 Å². The molecule has 0 heterocycles. The van der Waals surface area contributed by atoms with Gasteiger partial charge in [-0.3, -0.25) is 0 Å². The third-order valence-electron chi connectivity index (χ3n) is 1.88. The molecule has 0 saturated carbocycles. The number of hydrogen-bond donors (Lipinski definition) is 1. The molecule has 0 aliphatic carbocycles. The summed E-state index contributed by atoms with van der Waals surface area (Å²) in [6.07, 6.45) is 2.19. The minimum absolute atomic E-state index is 0.285. The SMILES string of the molecule is CCCN(C)C(CC)CO. The van der Waals surface area contributed by atoms with E-state index in [9.17, 15) is 0 Å². The predicted molar refractivity (Wildman–Crippen MR) is 44.1 cm³/mol. The van der Waals surface area contributed by atoms with Gasteiger partial charge in [0.1, 0.15) is 0 Å². The van der Waals surface area contributed by atoms with E-state index in [4.69, 9.17) is 5.11 Å². The molecule has 0 radical (unpaired) electrons. The van der Waals surface area contributed by atoms with Gasteiger partial charge in [0, 0.05) is 6.04 Å². The maximum absolute atomic E-state index is 8.88. The van der Waals surface area contributed by atoms with Crippen LogP contribution in [0.25, 0.3) is 0 Å². The van der Waals surface area contributed by atoms with Crippen LogP contribution in [-0.4, -0.2) is 36.2 Å². The second-order valence-corrected chi connectivity index (χ2v) is 2.73. The van der Waals surface area contributed by atoms with E-state index in [1.807, 2.05) is 0 Å². The van der Waals surface area contributed by atoms with Gasteiger partial charge in [0.05, 0.1) is 6.61 Å². The molecule has 1 unspecified atom stereocenters. The zero-order chi connectivity index (χ0) is 7.98. The average molecular weight is 145 g/mol. The maximum atomic E-state index is 8.88. The Bertz CT molecular complexity index is 71.7. The molecular weight excluding hydrogens is 126 g/mol. The smallest absolute Gasteiger partial charge is 0.0586 e. The molecule has 0 saturated heterocycles. The highest BCUT2D eigenvalue weighted by molar-refractivity contribution is 4.64. The van der Waals surface area contributed by atoms with Crippen LogP contribution in [0.3, 0.4) is 0 Å². The largest absolute Gasteiger partial charge is 0.395 e. The molecule has 0 rings (SSSR count). The van der Waals surface area contributed by atoms with Gasteiger partial charge in [-0.1, -0.05) is 13.8 Å². The summed E-state index contributed by atoms with van der Waals surface area (Å²) < 4.78 is 0. The highest BCUT2D eigenvalue weighted by Crippen LogP contribution is 2.00. The lowest BCUT2D eigenvalue weighted by molar-refractivity contribution is 0.144. The number of likely N-dealkylation sites (N-methyl/N-ethyl adjacent to an activating group) is 1. The Morgan fingerprint density at radius 2 is 2.00 bits per heavy atom. The standard InChI is InChI=1S/C8H19NO/c1-4-6-9(3)8(5-2)7-10/h8,10H,4-7H2,1-3H3. The number of hydrogen-bond acceptors (Lipinski definition) is 2. The van der Waals surface area contributed by atoms with Crippen molar-refractivity contribution in [2.45, 2.75) is 32.7 Å². The van der Waals surface area contributed by atoms with Crippen molar-refractivity contribution in [1.29, 1.82) is 0 Å². The van der Waals surface area contributed by atoms with Gasteiger partial charge >= 0.3 is 0 Å². The second kappa shape index (κ2) is 5.69. The predicted octanol–water partition coefficient (Wildman–Crippen LogP) is 1.10. The van der Waals surface area contributed by atoms with Crippen molar-refractivity contribution in [3.8, 4) is 0 Å². The lowest BCUT2D eigenvalue weighted by Gasteiger charge is -2.24. The molecule has 62 valence electrons. The highest BCUT2D eigenvalue weighted by Gasteiger charge is 2.08. The molecule has 0 aromatic carbocycles. The Balaban J connectivity index is 3.53. The Kier molecular flexibility index (Phi) is 5.64. The van der Waals surface area contributed by atoms with Gasteiger partial charge in [-0.15, -0.1) is 0 Å². The molecule has 0 aliphatic heterocycles. The lowest BCUT2D eigenvalue weighted by Crippen LogP contribution is -2.34. The van der Waals surface area contributed by atoms with E-state index < -0.39 is 0 Å². The lowest BCUT2D eigenvalue weighted by atomic mass is 10.2. The van der Waals surface area contributed by atoms with Crippen molar-refractivity contribution in [2.24, 2.45) is 0 Å². The van der Waals surface area contributed by atoms with E-state index in [1.165, 1.54) is 0 Å². The van der Waals surface area contributed by atoms with Gasteiger partial charge < -0.3 is 10.0 Å². The first-order valence-electron chi connectivity index (χ1n) is 4.07. The van der Waals surface area contributed by atoms with Gasteiger partial charge in [-0.2, -0.15) is 0 Å². The van der Waals surface area contributed by atoms with Crippen LogP contribution >= 0.6 is 0 Å². The van der Waals surface area contributed by atoms with E-state index >= 15 is 0 Å². The Morgan fingerprint density at radius 1 is 1.40 bits per heavy atom. The summed E-state index contributed by atoms with van der Waals surface area (Å²) in [5.41, 5.74) is 0. The minimum atomic E-state index is 0.285. The zero-order valence-electron chi connectivity index (χ0n) is 7.30. The zero-order valence-corrected chi connectivity index (χ0v) is 7.30. The van der Waals surface area contributed by atoms with Crippen molar-refractivity contribution < 1.29 is 5.11 Å². The summed E-state index contributed by atoms with van der Waals surface area (Å²) in [5.74, 6) is 0. The van der Waals surface area contributed by atoms with Crippen LogP contribution in [0, 0.1) is 0 Å². The fraction of sp³-hybridized carbons (Fsp3) is 1.00.